The molecule has 0 spiro atoms. The number of aromatic nitrogens is 1. The Balaban J connectivity index is 1.72. The van der Waals surface area contributed by atoms with Crippen molar-refractivity contribution < 1.29 is 9.67 Å². The summed E-state index contributed by atoms with van der Waals surface area (Å²) in [4.78, 5) is 5.27. The predicted molar refractivity (Wildman–Crippen MR) is 153 cm³/mol. The second kappa shape index (κ2) is 10.5. The summed E-state index contributed by atoms with van der Waals surface area (Å²) in [6, 6.07) is 10.9. The number of benzene rings is 1. The summed E-state index contributed by atoms with van der Waals surface area (Å²) >= 11 is 0. The SMILES string of the molecule is C=CC1=NC2C(=C)[n+]3ccc4c(c3CC(C=CCC)(CNC(=C)O)CCC2c2ccccc21)CCCC4. The molecule has 2 aliphatic heterocycles. The molecular formula is C33H40N3O+. The van der Waals surface area contributed by atoms with Crippen LogP contribution in [-0.2, 0) is 19.3 Å². The maximum Gasteiger partial charge on any atom is 0.205 e. The number of pyridine rings is 1. The highest BCUT2D eigenvalue weighted by Crippen LogP contribution is 2.43. The van der Waals surface area contributed by atoms with Gasteiger partial charge in [-0.05, 0) is 75.3 Å². The molecule has 37 heavy (non-hydrogen) atoms. The number of rotatable bonds is 6. The number of hydrogen-bond donors (Lipinski definition) is 2. The lowest BCUT2D eigenvalue weighted by molar-refractivity contribution is -0.594. The minimum absolute atomic E-state index is 0.0256. The van der Waals surface area contributed by atoms with Crippen molar-refractivity contribution in [1.82, 2.24) is 5.32 Å². The van der Waals surface area contributed by atoms with Crippen molar-refractivity contribution in [2.75, 3.05) is 6.54 Å². The van der Waals surface area contributed by atoms with Crippen molar-refractivity contribution >= 4 is 11.4 Å². The summed E-state index contributed by atoms with van der Waals surface area (Å²) in [5.74, 6) is 0.242. The normalized spacial score (nSPS) is 24.9. The third-order valence-corrected chi connectivity index (χ3v) is 8.54. The van der Waals surface area contributed by atoms with E-state index in [0.717, 1.165) is 49.9 Å². The maximum absolute atomic E-state index is 10.0. The largest absolute Gasteiger partial charge is 0.495 e. The first-order valence-corrected chi connectivity index (χ1v) is 13.8. The Labute approximate surface area is 221 Å². The second-order valence-electron chi connectivity index (χ2n) is 10.9. The molecule has 192 valence electrons. The van der Waals surface area contributed by atoms with Gasteiger partial charge in [0.2, 0.25) is 5.70 Å². The Morgan fingerprint density at radius 3 is 2.84 bits per heavy atom. The second-order valence-corrected chi connectivity index (χ2v) is 10.9. The highest BCUT2D eigenvalue weighted by molar-refractivity contribution is 6.10. The minimum Gasteiger partial charge on any atom is -0.495 e. The van der Waals surface area contributed by atoms with Crippen molar-refractivity contribution in [1.29, 1.82) is 0 Å². The van der Waals surface area contributed by atoms with E-state index >= 15 is 0 Å². The van der Waals surface area contributed by atoms with Crippen LogP contribution >= 0.6 is 0 Å². The van der Waals surface area contributed by atoms with E-state index in [9.17, 15) is 5.11 Å². The molecule has 3 heterocycles. The average Bonchev–Trinajstić information content (AvgIpc) is 2.97. The molecule has 1 aliphatic carbocycles. The maximum atomic E-state index is 10.0. The Bertz CT molecular complexity index is 1290. The molecule has 1 aromatic heterocycles. The van der Waals surface area contributed by atoms with Crippen LogP contribution in [0.3, 0.4) is 0 Å². The number of aliphatic hydroxyl groups excluding tert-OH is 1. The van der Waals surface area contributed by atoms with Crippen molar-refractivity contribution in [3.8, 4) is 0 Å². The Morgan fingerprint density at radius 1 is 1.24 bits per heavy atom. The summed E-state index contributed by atoms with van der Waals surface area (Å²) in [6.45, 7) is 15.3. The topological polar surface area (TPSA) is 48.5 Å². The van der Waals surface area contributed by atoms with Crippen LogP contribution in [0, 0.1) is 5.41 Å². The molecule has 4 heteroatoms. The molecule has 0 amide bonds. The number of nitrogens with one attached hydrogen (secondary N) is 1. The zero-order valence-corrected chi connectivity index (χ0v) is 22.2. The smallest absolute Gasteiger partial charge is 0.205 e. The van der Waals surface area contributed by atoms with Crippen molar-refractivity contribution in [2.24, 2.45) is 10.4 Å². The molecule has 0 bridgehead atoms. The van der Waals surface area contributed by atoms with Gasteiger partial charge in [0.05, 0.1) is 5.71 Å². The van der Waals surface area contributed by atoms with Gasteiger partial charge < -0.3 is 10.4 Å². The third-order valence-electron chi connectivity index (χ3n) is 8.54. The minimum atomic E-state index is -0.178. The molecule has 3 atom stereocenters. The van der Waals surface area contributed by atoms with E-state index in [2.05, 4.69) is 78.6 Å². The van der Waals surface area contributed by atoms with E-state index in [1.165, 1.54) is 40.8 Å². The Morgan fingerprint density at radius 2 is 2.05 bits per heavy atom. The van der Waals surface area contributed by atoms with Crippen molar-refractivity contribution in [3.05, 3.63) is 108 Å². The third kappa shape index (κ3) is 4.82. The van der Waals surface area contributed by atoms with Crippen molar-refractivity contribution in [2.45, 2.75) is 70.3 Å². The van der Waals surface area contributed by atoms with Crippen LogP contribution in [-0.4, -0.2) is 23.4 Å². The van der Waals surface area contributed by atoms with Gasteiger partial charge in [-0.25, -0.2) is 0 Å². The number of nitrogens with zero attached hydrogens (tertiary/aromatic N) is 2. The molecule has 0 saturated carbocycles. The van der Waals surface area contributed by atoms with Crippen LogP contribution < -0.4 is 9.88 Å². The Kier molecular flexibility index (Phi) is 7.19. The number of aliphatic hydroxyl groups is 1. The number of fused-ring (bicyclic) bond motifs is 6. The van der Waals surface area contributed by atoms with Crippen LogP contribution in [0.1, 0.15) is 72.9 Å². The average molecular weight is 495 g/mol. The number of allylic oxidation sites excluding steroid dienone is 2. The fourth-order valence-corrected chi connectivity index (χ4v) is 6.62. The molecule has 0 radical (unpaired) electrons. The molecule has 5 rings (SSSR count). The van der Waals surface area contributed by atoms with Gasteiger partial charge >= 0.3 is 0 Å². The van der Waals surface area contributed by atoms with E-state index in [1.54, 1.807) is 0 Å². The number of hydrogen-bond acceptors (Lipinski definition) is 3. The quantitative estimate of drug-likeness (QED) is 0.278. The van der Waals surface area contributed by atoms with Gasteiger partial charge in [0.1, 0.15) is 6.04 Å². The van der Waals surface area contributed by atoms with E-state index in [0.29, 0.717) is 6.54 Å². The summed E-state index contributed by atoms with van der Waals surface area (Å²) in [7, 11) is 0. The molecule has 3 unspecified atom stereocenters. The molecule has 0 fully saturated rings. The van der Waals surface area contributed by atoms with Gasteiger partial charge in [0, 0.05) is 41.5 Å². The summed E-state index contributed by atoms with van der Waals surface area (Å²) in [5.41, 5.74) is 8.62. The van der Waals surface area contributed by atoms with Gasteiger partial charge in [-0.1, -0.05) is 49.9 Å². The molecule has 2 aromatic rings. The predicted octanol–water partition coefficient (Wildman–Crippen LogP) is 6.37. The lowest BCUT2D eigenvalue weighted by Crippen LogP contribution is -2.46. The molecule has 0 saturated heterocycles. The van der Waals surface area contributed by atoms with Crippen LogP contribution in [0.5, 0.6) is 0 Å². The summed E-state index contributed by atoms with van der Waals surface area (Å²) in [5, 5.41) is 13.2. The standard InChI is InChI=1S/C33H39N3O/c1-5-7-18-33(22-34-24(4)37)19-16-29-27-14-10-11-15-28(27)30(6-2)35-32(29)23(3)36-20-17-25-12-8-9-13-26(25)31(36)21-33/h6-7,10-11,14-15,17-18,20,29,32,34H,2-5,8-9,12-13,16,19,21-22H2,1H3/p+1. The highest BCUT2D eigenvalue weighted by Gasteiger charge is 2.43. The zero-order valence-electron chi connectivity index (χ0n) is 22.2. The summed E-state index contributed by atoms with van der Waals surface area (Å²) in [6.07, 6.45) is 17.3. The first-order chi connectivity index (χ1) is 18.0. The van der Waals surface area contributed by atoms with E-state index in [-0.39, 0.29) is 23.3 Å². The first kappa shape index (κ1) is 25.3. The van der Waals surface area contributed by atoms with Gasteiger partial charge in [-0.15, -0.1) is 0 Å². The molecule has 2 N–H and O–H groups in total. The van der Waals surface area contributed by atoms with Crippen LogP contribution in [0.25, 0.3) is 5.70 Å². The van der Waals surface area contributed by atoms with Gasteiger partial charge in [0.25, 0.3) is 0 Å². The lowest BCUT2D eigenvalue weighted by atomic mass is 9.72. The zero-order chi connectivity index (χ0) is 26.0. The van der Waals surface area contributed by atoms with Crippen LogP contribution in [0.2, 0.25) is 0 Å². The molecule has 1 aromatic carbocycles. The molecule has 3 aliphatic rings. The van der Waals surface area contributed by atoms with Crippen LogP contribution in [0.4, 0.5) is 0 Å². The highest BCUT2D eigenvalue weighted by atomic mass is 16.3. The number of aryl methyl sites for hydroxylation is 1. The fourth-order valence-electron chi connectivity index (χ4n) is 6.62. The molecule has 4 nitrogen and oxygen atoms in total. The molecular weight excluding hydrogens is 454 g/mol. The van der Waals surface area contributed by atoms with Crippen LogP contribution in [0.15, 0.2) is 85.4 Å². The number of aliphatic imine (C=N–C) groups is 1. The van der Waals surface area contributed by atoms with Gasteiger partial charge in [-0.2, -0.15) is 4.57 Å². The van der Waals surface area contributed by atoms with E-state index in [4.69, 9.17) is 11.6 Å². The fraction of sp³-hybridized carbons (Fsp3) is 0.394. The summed E-state index contributed by atoms with van der Waals surface area (Å²) < 4.78 is 2.35. The van der Waals surface area contributed by atoms with Gasteiger partial charge in [0.15, 0.2) is 17.8 Å². The van der Waals surface area contributed by atoms with E-state index in [1.807, 2.05) is 6.08 Å². The van der Waals surface area contributed by atoms with Gasteiger partial charge in [-0.3, -0.25) is 4.99 Å². The van der Waals surface area contributed by atoms with E-state index < -0.39 is 0 Å². The Hall–Kier alpha value is -3.40. The monoisotopic (exact) mass is 494 g/mol. The van der Waals surface area contributed by atoms with Crippen molar-refractivity contribution in [3.63, 3.8) is 0 Å². The first-order valence-electron chi connectivity index (χ1n) is 13.8. The lowest BCUT2D eigenvalue weighted by Gasteiger charge is -2.34.